The van der Waals surface area contributed by atoms with Crippen molar-refractivity contribution in [2.75, 3.05) is 18.1 Å². The van der Waals surface area contributed by atoms with Crippen molar-refractivity contribution in [2.24, 2.45) is 0 Å². The van der Waals surface area contributed by atoms with Crippen molar-refractivity contribution in [3.63, 3.8) is 0 Å². The molecule has 2 aromatic rings. The number of hydrogen-bond donors (Lipinski definition) is 1. The molecule has 0 saturated heterocycles. The number of nitrogens with zero attached hydrogens (tertiary/aromatic N) is 4. The Hall–Kier alpha value is -1.80. The van der Waals surface area contributed by atoms with Gasteiger partial charge in [0.2, 0.25) is 0 Å². The van der Waals surface area contributed by atoms with E-state index < -0.39 is 9.84 Å². The van der Waals surface area contributed by atoms with E-state index in [9.17, 15) is 8.42 Å². The lowest BCUT2D eigenvalue weighted by molar-refractivity contribution is 0.589. The topological polar surface area (TPSA) is 89.8 Å². The van der Waals surface area contributed by atoms with Gasteiger partial charge in [0.05, 0.1) is 18.0 Å². The van der Waals surface area contributed by atoms with Gasteiger partial charge in [-0.15, -0.1) is 5.10 Å². The Morgan fingerprint density at radius 2 is 2.00 bits per heavy atom. The molecule has 0 aliphatic rings. The van der Waals surface area contributed by atoms with Crippen LogP contribution in [0.4, 0.5) is 0 Å². The first-order valence-corrected chi connectivity index (χ1v) is 8.18. The fraction of sp³-hybridized carbons (Fsp3) is 0.417. The first-order chi connectivity index (χ1) is 9.62. The van der Waals surface area contributed by atoms with E-state index in [4.69, 9.17) is 0 Å². The van der Waals surface area contributed by atoms with Gasteiger partial charge in [-0.05, 0) is 22.6 Å². The smallest absolute Gasteiger partial charge is 0.170 e. The van der Waals surface area contributed by atoms with E-state index in [2.05, 4.69) is 20.8 Å². The zero-order chi connectivity index (χ0) is 14.4. The lowest BCUT2D eigenvalue weighted by Gasteiger charge is -2.06. The molecule has 1 heterocycles. The molecule has 0 amide bonds. The van der Waals surface area contributed by atoms with Crippen LogP contribution in [0.25, 0.3) is 5.69 Å². The Morgan fingerprint density at radius 1 is 1.25 bits per heavy atom. The summed E-state index contributed by atoms with van der Waals surface area (Å²) < 4.78 is 24.4. The van der Waals surface area contributed by atoms with Crippen LogP contribution in [0.15, 0.2) is 30.3 Å². The van der Waals surface area contributed by atoms with Gasteiger partial charge >= 0.3 is 0 Å². The highest BCUT2D eigenvalue weighted by atomic mass is 32.2. The van der Waals surface area contributed by atoms with Gasteiger partial charge in [-0.25, -0.2) is 8.42 Å². The number of para-hydroxylation sites is 1. The highest BCUT2D eigenvalue weighted by molar-refractivity contribution is 7.91. The normalized spacial score (nSPS) is 11.7. The predicted molar refractivity (Wildman–Crippen MR) is 75.2 cm³/mol. The maximum absolute atomic E-state index is 11.4. The lowest BCUT2D eigenvalue weighted by Crippen LogP contribution is -2.25. The Morgan fingerprint density at radius 3 is 2.70 bits per heavy atom. The van der Waals surface area contributed by atoms with E-state index in [-0.39, 0.29) is 11.5 Å². The van der Waals surface area contributed by atoms with Crippen molar-refractivity contribution in [1.29, 1.82) is 0 Å². The maximum atomic E-state index is 11.4. The molecular formula is C12H17N5O2S. The Kier molecular flexibility index (Phi) is 4.80. The molecule has 0 saturated carbocycles. The summed E-state index contributed by atoms with van der Waals surface area (Å²) in [6, 6.07) is 9.54. The summed E-state index contributed by atoms with van der Waals surface area (Å²) in [5, 5.41) is 14.6. The van der Waals surface area contributed by atoms with Crippen LogP contribution in [0.5, 0.6) is 0 Å². The van der Waals surface area contributed by atoms with Gasteiger partial charge in [-0.1, -0.05) is 25.1 Å². The highest BCUT2D eigenvalue weighted by Crippen LogP contribution is 2.06. The number of nitrogens with one attached hydrogen (secondary N) is 1. The molecular weight excluding hydrogens is 278 g/mol. The van der Waals surface area contributed by atoms with E-state index in [1.54, 1.807) is 11.6 Å². The van der Waals surface area contributed by atoms with Gasteiger partial charge in [0, 0.05) is 12.3 Å². The molecule has 0 radical (unpaired) electrons. The van der Waals surface area contributed by atoms with Crippen molar-refractivity contribution < 1.29 is 8.42 Å². The summed E-state index contributed by atoms with van der Waals surface area (Å²) in [5.41, 5.74) is 0.871. The summed E-state index contributed by atoms with van der Waals surface area (Å²) >= 11 is 0. The minimum Gasteiger partial charge on any atom is -0.309 e. The zero-order valence-corrected chi connectivity index (χ0v) is 12.0. The second-order valence-electron chi connectivity index (χ2n) is 4.26. The fourth-order valence-corrected chi connectivity index (χ4v) is 2.40. The molecule has 0 spiro atoms. The SMILES string of the molecule is CCS(=O)(=O)CCNCc1nnnn1-c1ccccc1. The Balaban J connectivity index is 1.94. The van der Waals surface area contributed by atoms with Crippen LogP contribution in [0.2, 0.25) is 0 Å². The van der Waals surface area contributed by atoms with Crippen LogP contribution < -0.4 is 5.32 Å². The highest BCUT2D eigenvalue weighted by Gasteiger charge is 2.09. The van der Waals surface area contributed by atoms with Crippen molar-refractivity contribution in [2.45, 2.75) is 13.5 Å². The molecule has 7 nitrogen and oxygen atoms in total. The van der Waals surface area contributed by atoms with Crippen LogP contribution in [-0.4, -0.2) is 46.7 Å². The molecule has 1 aromatic heterocycles. The summed E-state index contributed by atoms with van der Waals surface area (Å²) in [6.45, 7) is 2.45. The van der Waals surface area contributed by atoms with Gasteiger partial charge in [-0.3, -0.25) is 0 Å². The predicted octanol–water partition coefficient (Wildman–Crippen LogP) is 0.187. The third-order valence-electron chi connectivity index (χ3n) is 2.85. The molecule has 20 heavy (non-hydrogen) atoms. The number of aromatic nitrogens is 4. The fourth-order valence-electron chi connectivity index (χ4n) is 1.66. The molecule has 108 valence electrons. The van der Waals surface area contributed by atoms with Crippen molar-refractivity contribution in [3.05, 3.63) is 36.2 Å². The van der Waals surface area contributed by atoms with Crippen LogP contribution >= 0.6 is 0 Å². The van der Waals surface area contributed by atoms with E-state index in [1.165, 1.54) is 0 Å². The minimum absolute atomic E-state index is 0.121. The standard InChI is InChI=1S/C12H17N5O2S/c1-2-20(18,19)9-8-13-10-12-14-15-16-17(12)11-6-4-3-5-7-11/h3-7,13H,2,8-10H2,1H3. The molecule has 1 aromatic carbocycles. The minimum atomic E-state index is -2.94. The average molecular weight is 295 g/mol. The lowest BCUT2D eigenvalue weighted by atomic mass is 10.3. The third-order valence-corrected chi connectivity index (χ3v) is 4.55. The number of hydrogen-bond acceptors (Lipinski definition) is 6. The van der Waals surface area contributed by atoms with Gasteiger partial charge < -0.3 is 5.32 Å². The van der Waals surface area contributed by atoms with Crippen LogP contribution in [-0.2, 0) is 16.4 Å². The zero-order valence-electron chi connectivity index (χ0n) is 11.2. The van der Waals surface area contributed by atoms with Crippen molar-refractivity contribution >= 4 is 9.84 Å². The third kappa shape index (κ3) is 3.84. The molecule has 0 aliphatic heterocycles. The number of tetrazole rings is 1. The average Bonchev–Trinajstić information content (AvgIpc) is 2.93. The molecule has 0 fully saturated rings. The van der Waals surface area contributed by atoms with E-state index in [1.807, 2.05) is 30.3 Å². The van der Waals surface area contributed by atoms with Crippen LogP contribution in [0, 0.1) is 0 Å². The van der Waals surface area contributed by atoms with Crippen LogP contribution in [0.1, 0.15) is 12.7 Å². The van der Waals surface area contributed by atoms with E-state index >= 15 is 0 Å². The number of sulfone groups is 1. The first-order valence-electron chi connectivity index (χ1n) is 6.36. The van der Waals surface area contributed by atoms with Crippen LogP contribution in [0.3, 0.4) is 0 Å². The molecule has 2 rings (SSSR count). The van der Waals surface area contributed by atoms with Gasteiger partial charge in [0.1, 0.15) is 0 Å². The van der Waals surface area contributed by atoms with Gasteiger partial charge in [0.25, 0.3) is 0 Å². The maximum Gasteiger partial charge on any atom is 0.170 e. The Labute approximate surface area is 117 Å². The molecule has 0 unspecified atom stereocenters. The summed E-state index contributed by atoms with van der Waals surface area (Å²) in [4.78, 5) is 0. The molecule has 0 atom stereocenters. The summed E-state index contributed by atoms with van der Waals surface area (Å²) in [7, 11) is -2.94. The number of rotatable bonds is 7. The first kappa shape index (κ1) is 14.6. The monoisotopic (exact) mass is 295 g/mol. The second-order valence-corrected chi connectivity index (χ2v) is 6.73. The Bertz CT molecular complexity index is 639. The van der Waals surface area contributed by atoms with Gasteiger partial charge in [-0.2, -0.15) is 4.68 Å². The van der Waals surface area contributed by atoms with E-state index in [0.29, 0.717) is 18.9 Å². The largest absolute Gasteiger partial charge is 0.309 e. The van der Waals surface area contributed by atoms with Crippen molar-refractivity contribution in [1.82, 2.24) is 25.5 Å². The molecule has 1 N–H and O–H groups in total. The molecule has 0 bridgehead atoms. The molecule has 8 heteroatoms. The van der Waals surface area contributed by atoms with Gasteiger partial charge in [0.15, 0.2) is 15.7 Å². The summed E-state index contributed by atoms with van der Waals surface area (Å²) in [6.07, 6.45) is 0. The van der Waals surface area contributed by atoms with E-state index in [0.717, 1.165) is 5.69 Å². The number of benzene rings is 1. The quantitative estimate of drug-likeness (QED) is 0.733. The molecule has 0 aliphatic carbocycles. The second kappa shape index (κ2) is 6.58. The summed E-state index contributed by atoms with van der Waals surface area (Å²) in [5.74, 6) is 0.928. The van der Waals surface area contributed by atoms with Crippen molar-refractivity contribution in [3.8, 4) is 5.69 Å².